The summed E-state index contributed by atoms with van der Waals surface area (Å²) < 4.78 is 5.20. The van der Waals surface area contributed by atoms with Gasteiger partial charge in [0.2, 0.25) is 0 Å². The minimum Gasteiger partial charge on any atom is -0.308 e. The molecule has 0 N–H and O–H groups in total. The first-order valence-corrected chi connectivity index (χ1v) is 20.7. The maximum atomic E-state index is 2.61. The predicted molar refractivity (Wildman–Crippen MR) is 249 cm³/mol. The first-order chi connectivity index (χ1) is 28.1. The normalized spacial score (nSPS) is 13.0. The molecule has 0 spiro atoms. The van der Waals surface area contributed by atoms with Crippen LogP contribution >= 0.6 is 0 Å². The molecule has 12 aromatic rings. The quantitative estimate of drug-likeness (QED) is 0.170. The minimum absolute atomic E-state index is 0.0136. The van der Waals surface area contributed by atoms with E-state index in [0.717, 1.165) is 0 Å². The molecule has 278 valence electrons. The smallest absolute Gasteiger partial charge is 0.0634 e. The van der Waals surface area contributed by atoms with Crippen LogP contribution in [0.2, 0.25) is 0 Å². The first kappa shape index (κ1) is 33.5. The lowest BCUT2D eigenvalue weighted by molar-refractivity contribution is 0.590. The molecule has 0 saturated heterocycles. The highest BCUT2D eigenvalue weighted by atomic mass is 14.9. The Bertz CT molecular complexity index is 3550. The molecule has 4 aromatic heterocycles. The number of fused-ring (bicyclic) bond motifs is 14. The lowest BCUT2D eigenvalue weighted by Gasteiger charge is -2.19. The third kappa shape index (κ3) is 4.43. The maximum absolute atomic E-state index is 2.61. The summed E-state index contributed by atoms with van der Waals surface area (Å²) in [5.74, 6) is 0. The molecule has 0 atom stereocenters. The molecule has 0 radical (unpaired) electrons. The van der Waals surface area contributed by atoms with E-state index in [0.29, 0.717) is 0 Å². The summed E-state index contributed by atoms with van der Waals surface area (Å²) in [6.07, 6.45) is 0. The topological polar surface area (TPSA) is 8.82 Å². The second kappa shape index (κ2) is 11.5. The number of para-hydroxylation sites is 1. The van der Waals surface area contributed by atoms with Gasteiger partial charge in [-0.15, -0.1) is 0 Å². The van der Waals surface area contributed by atoms with Crippen LogP contribution in [0.3, 0.4) is 0 Å². The van der Waals surface area contributed by atoms with Gasteiger partial charge in [-0.25, -0.2) is 0 Å². The van der Waals surface area contributed by atoms with E-state index in [1.54, 1.807) is 0 Å². The van der Waals surface area contributed by atoms with Gasteiger partial charge in [0.15, 0.2) is 0 Å². The second-order valence-corrected chi connectivity index (χ2v) is 18.5. The molecular weight excluding hydrogens is 701 g/mol. The average molecular weight is 745 g/mol. The van der Waals surface area contributed by atoms with Gasteiger partial charge in [-0.1, -0.05) is 169 Å². The second-order valence-electron chi connectivity index (χ2n) is 18.5. The summed E-state index contributed by atoms with van der Waals surface area (Å²) in [6, 6.07) is 59.5. The summed E-state index contributed by atoms with van der Waals surface area (Å²) in [5.41, 5.74) is 17.9. The van der Waals surface area contributed by atoms with E-state index in [1.165, 1.54) is 121 Å². The third-order valence-corrected chi connectivity index (χ3v) is 13.1. The van der Waals surface area contributed by atoms with Gasteiger partial charge in [0.25, 0.3) is 0 Å². The van der Waals surface area contributed by atoms with E-state index >= 15 is 0 Å². The van der Waals surface area contributed by atoms with Gasteiger partial charge in [0.1, 0.15) is 0 Å². The van der Waals surface area contributed by atoms with E-state index in [2.05, 4.69) is 208 Å². The molecule has 0 saturated carbocycles. The summed E-state index contributed by atoms with van der Waals surface area (Å²) >= 11 is 0. The SMILES string of the molecule is CC(C)(C)c1ccc2c3c4c5cc(-c6c(-c7ccccc7)cccc6-c6ccccc6)ccc5n5c6cc(C(C)(C)C)ccc6c(c6c7ccccc7n(c2c1)c63)c45. The molecule has 58 heavy (non-hydrogen) atoms. The molecule has 12 rings (SSSR count). The molecule has 0 amide bonds. The van der Waals surface area contributed by atoms with E-state index in [9.17, 15) is 0 Å². The fraction of sp³-hybridized carbons (Fsp3) is 0.143. The maximum Gasteiger partial charge on any atom is 0.0634 e. The van der Waals surface area contributed by atoms with Crippen LogP contribution in [0.5, 0.6) is 0 Å². The van der Waals surface area contributed by atoms with Crippen molar-refractivity contribution in [1.82, 2.24) is 8.80 Å². The van der Waals surface area contributed by atoms with Gasteiger partial charge in [-0.05, 0) is 85.7 Å². The van der Waals surface area contributed by atoms with E-state index < -0.39 is 0 Å². The highest BCUT2D eigenvalue weighted by Crippen LogP contribution is 2.53. The van der Waals surface area contributed by atoms with E-state index in [1.807, 2.05) is 0 Å². The molecule has 8 aromatic carbocycles. The standard InChI is InChI=1S/C56H44N2/c1-55(2,3)36-26-28-42-46(31-36)57-44-23-14-13-20-40(44)49-50-41-27-25-37(56(4,5)6)32-47(41)58-45-29-24-35(30-43(45)52(54(50)58)51(42)53(49)57)48-38(33-16-9-7-10-17-33)21-15-22-39(48)34-18-11-8-12-19-34/h7-32H,1-6H3. The third-order valence-electron chi connectivity index (χ3n) is 13.1. The zero-order valence-electron chi connectivity index (χ0n) is 33.9. The molecule has 0 unspecified atom stereocenters. The van der Waals surface area contributed by atoms with Gasteiger partial charge >= 0.3 is 0 Å². The van der Waals surface area contributed by atoms with Crippen LogP contribution in [0.15, 0.2) is 158 Å². The van der Waals surface area contributed by atoms with Crippen molar-refractivity contribution in [2.75, 3.05) is 0 Å². The van der Waals surface area contributed by atoms with Gasteiger partial charge in [0, 0.05) is 43.1 Å². The van der Waals surface area contributed by atoms with Gasteiger partial charge in [-0.3, -0.25) is 0 Å². The number of hydrogen-bond donors (Lipinski definition) is 0. The van der Waals surface area contributed by atoms with Crippen molar-refractivity contribution in [3.05, 3.63) is 169 Å². The highest BCUT2D eigenvalue weighted by molar-refractivity contribution is 6.45. The van der Waals surface area contributed by atoms with Gasteiger partial charge in [-0.2, -0.15) is 0 Å². The van der Waals surface area contributed by atoms with Crippen LogP contribution in [-0.4, -0.2) is 8.80 Å². The van der Waals surface area contributed by atoms with Crippen LogP contribution in [0.25, 0.3) is 110 Å². The number of rotatable bonds is 3. The summed E-state index contributed by atoms with van der Waals surface area (Å²) in [7, 11) is 0. The Hall–Kier alpha value is -6.64. The van der Waals surface area contributed by atoms with Crippen molar-refractivity contribution >= 4 is 76.2 Å². The Morgan fingerprint density at radius 1 is 0.328 bits per heavy atom. The number of aromatic nitrogens is 2. The van der Waals surface area contributed by atoms with Crippen molar-refractivity contribution in [3.63, 3.8) is 0 Å². The van der Waals surface area contributed by atoms with Gasteiger partial charge < -0.3 is 8.80 Å². The van der Waals surface area contributed by atoms with Crippen LogP contribution in [0.4, 0.5) is 0 Å². The molecule has 0 bridgehead atoms. The zero-order chi connectivity index (χ0) is 39.2. The van der Waals surface area contributed by atoms with Crippen molar-refractivity contribution in [2.45, 2.75) is 52.4 Å². The van der Waals surface area contributed by atoms with Crippen LogP contribution in [-0.2, 0) is 10.8 Å². The molecule has 4 heterocycles. The molecule has 2 heteroatoms. The molecule has 0 aliphatic heterocycles. The lowest BCUT2D eigenvalue weighted by atomic mass is 9.86. The monoisotopic (exact) mass is 744 g/mol. The lowest BCUT2D eigenvalue weighted by Crippen LogP contribution is -2.10. The van der Waals surface area contributed by atoms with Crippen molar-refractivity contribution in [2.24, 2.45) is 0 Å². The number of hydrogen-bond acceptors (Lipinski definition) is 0. The highest BCUT2D eigenvalue weighted by Gasteiger charge is 2.30. The molecular formula is C56H44N2. The number of benzene rings is 8. The largest absolute Gasteiger partial charge is 0.308 e. The first-order valence-electron chi connectivity index (χ1n) is 20.7. The van der Waals surface area contributed by atoms with E-state index in [-0.39, 0.29) is 10.8 Å². The Labute approximate surface area is 338 Å². The molecule has 0 aliphatic carbocycles. The Morgan fingerprint density at radius 2 is 0.776 bits per heavy atom. The van der Waals surface area contributed by atoms with Crippen LogP contribution < -0.4 is 0 Å². The van der Waals surface area contributed by atoms with Gasteiger partial charge in [0.05, 0.1) is 33.1 Å². The minimum atomic E-state index is 0.0136. The Kier molecular flexibility index (Phi) is 6.63. The molecule has 0 fully saturated rings. The van der Waals surface area contributed by atoms with Crippen LogP contribution in [0.1, 0.15) is 52.7 Å². The fourth-order valence-corrected chi connectivity index (χ4v) is 10.3. The molecule has 2 nitrogen and oxygen atoms in total. The van der Waals surface area contributed by atoms with Crippen LogP contribution in [0, 0.1) is 0 Å². The summed E-state index contributed by atoms with van der Waals surface area (Å²) in [5, 5.41) is 10.7. The van der Waals surface area contributed by atoms with E-state index in [4.69, 9.17) is 0 Å². The van der Waals surface area contributed by atoms with Crippen molar-refractivity contribution in [1.29, 1.82) is 0 Å². The summed E-state index contributed by atoms with van der Waals surface area (Å²) in [4.78, 5) is 0. The predicted octanol–water partition coefficient (Wildman–Crippen LogP) is 15.6. The average Bonchev–Trinajstić information content (AvgIpc) is 3.96. The molecule has 0 aliphatic rings. The Morgan fingerprint density at radius 3 is 1.29 bits per heavy atom. The number of nitrogens with zero attached hydrogens (tertiary/aromatic N) is 2. The van der Waals surface area contributed by atoms with Crippen molar-refractivity contribution in [3.8, 4) is 33.4 Å². The zero-order valence-corrected chi connectivity index (χ0v) is 33.9. The fourth-order valence-electron chi connectivity index (χ4n) is 10.3. The van der Waals surface area contributed by atoms with Crippen molar-refractivity contribution < 1.29 is 0 Å². The summed E-state index contributed by atoms with van der Waals surface area (Å²) in [6.45, 7) is 13.9. The Balaban J connectivity index is 1.32.